The van der Waals surface area contributed by atoms with Gasteiger partial charge >= 0.3 is 0 Å². The fraction of sp³-hybridized carbons (Fsp3) is 0.500. The number of hydrogen-bond acceptors (Lipinski definition) is 6. The molecule has 0 aliphatic carbocycles. The lowest BCUT2D eigenvalue weighted by Gasteiger charge is -2.12. The molecule has 3 rings (SSSR count). The quantitative estimate of drug-likeness (QED) is 0.240. The molecule has 1 aromatic heterocycles. The van der Waals surface area contributed by atoms with Crippen molar-refractivity contribution in [2.24, 2.45) is 12.0 Å². The van der Waals surface area contributed by atoms with Crippen LogP contribution < -0.4 is 20.1 Å². The number of ether oxygens (including phenoxy) is 2. The number of nitrogens with zero attached hydrogens (tertiary/aromatic N) is 4. The molecule has 0 spiro atoms. The van der Waals surface area contributed by atoms with Gasteiger partial charge in [-0.1, -0.05) is 6.07 Å². The van der Waals surface area contributed by atoms with E-state index in [9.17, 15) is 0 Å². The number of aliphatic imine (C=N–C) groups is 1. The molecule has 1 aromatic carbocycles. The van der Waals surface area contributed by atoms with Gasteiger partial charge in [-0.3, -0.25) is 0 Å². The van der Waals surface area contributed by atoms with Crippen LogP contribution in [0.5, 0.6) is 11.5 Å². The Bertz CT molecular complexity index is 798. The topological polar surface area (TPSA) is 85.6 Å². The van der Waals surface area contributed by atoms with E-state index < -0.39 is 0 Å². The van der Waals surface area contributed by atoms with Crippen molar-refractivity contribution in [3.05, 3.63) is 35.4 Å². The summed E-state index contributed by atoms with van der Waals surface area (Å²) < 4.78 is 12.8. The summed E-state index contributed by atoms with van der Waals surface area (Å²) in [5, 5.41) is 15.0. The maximum absolute atomic E-state index is 5.44. The van der Waals surface area contributed by atoms with E-state index in [-0.39, 0.29) is 30.8 Å². The first-order chi connectivity index (χ1) is 13.2. The Kier molecular flexibility index (Phi) is 9.16. The number of thioether (sulfide) groups is 1. The van der Waals surface area contributed by atoms with Crippen molar-refractivity contribution >= 4 is 41.7 Å². The Labute approximate surface area is 186 Å². The molecular formula is C18H27IN6O2S. The highest BCUT2D eigenvalue weighted by molar-refractivity contribution is 14.0. The maximum Gasteiger partial charge on any atom is 0.231 e. The molecule has 0 atom stereocenters. The third-order valence-corrected chi connectivity index (χ3v) is 4.97. The minimum absolute atomic E-state index is 0. The predicted molar refractivity (Wildman–Crippen MR) is 123 cm³/mol. The van der Waals surface area contributed by atoms with E-state index in [4.69, 9.17) is 14.5 Å². The minimum atomic E-state index is 0. The van der Waals surface area contributed by atoms with Crippen LogP contribution in [0.3, 0.4) is 0 Å². The summed E-state index contributed by atoms with van der Waals surface area (Å²) >= 11 is 1.84. The summed E-state index contributed by atoms with van der Waals surface area (Å²) in [6.45, 7) is 4.19. The van der Waals surface area contributed by atoms with Gasteiger partial charge in [-0.2, -0.15) is 11.8 Å². The number of halogens is 1. The number of nitrogens with one attached hydrogen (secondary N) is 2. The van der Waals surface area contributed by atoms with E-state index in [1.165, 1.54) is 0 Å². The molecular weight excluding hydrogens is 491 g/mol. The lowest BCUT2D eigenvalue weighted by molar-refractivity contribution is 0.174. The van der Waals surface area contributed by atoms with Crippen LogP contribution in [0, 0.1) is 6.92 Å². The standard InChI is InChI=1S/C18H26N6O2S.HI/c1-13-22-23-17(24(13)2)11-21-18(19-7-4-8-27-3)20-10-14-5-6-15-16(9-14)26-12-25-15;/h5-6,9H,4,7-8,10-12H2,1-3H3,(H2,19,20,21);1H. The molecule has 8 nitrogen and oxygen atoms in total. The third-order valence-electron chi connectivity index (χ3n) is 4.27. The van der Waals surface area contributed by atoms with Gasteiger partial charge in [-0.25, -0.2) is 4.99 Å². The molecule has 0 amide bonds. The molecule has 1 aliphatic rings. The summed E-state index contributed by atoms with van der Waals surface area (Å²) in [6.07, 6.45) is 3.19. The zero-order chi connectivity index (χ0) is 19.1. The van der Waals surface area contributed by atoms with Crippen LogP contribution in [0.1, 0.15) is 23.6 Å². The van der Waals surface area contributed by atoms with Crippen LogP contribution in [-0.2, 0) is 20.1 Å². The average Bonchev–Trinajstić information content (AvgIpc) is 3.27. The Hall–Kier alpha value is -1.69. The molecule has 28 heavy (non-hydrogen) atoms. The molecule has 10 heteroatoms. The van der Waals surface area contributed by atoms with E-state index in [1.807, 2.05) is 48.5 Å². The largest absolute Gasteiger partial charge is 0.454 e. The fourth-order valence-corrected chi connectivity index (χ4v) is 3.01. The molecule has 0 bridgehead atoms. The molecule has 0 saturated carbocycles. The Morgan fingerprint density at radius 2 is 2.07 bits per heavy atom. The molecule has 154 valence electrons. The number of benzene rings is 1. The highest BCUT2D eigenvalue weighted by atomic mass is 127. The molecule has 2 aromatic rings. The van der Waals surface area contributed by atoms with Gasteiger partial charge in [0.05, 0.1) is 13.1 Å². The van der Waals surface area contributed by atoms with Gasteiger partial charge in [0.1, 0.15) is 5.82 Å². The second-order valence-corrected chi connectivity index (χ2v) is 7.19. The van der Waals surface area contributed by atoms with E-state index in [1.54, 1.807) is 0 Å². The minimum Gasteiger partial charge on any atom is -0.454 e. The van der Waals surface area contributed by atoms with Crippen molar-refractivity contribution in [1.29, 1.82) is 0 Å². The number of rotatable bonds is 8. The molecule has 0 fully saturated rings. The van der Waals surface area contributed by atoms with Gasteiger partial charge in [0, 0.05) is 13.6 Å². The van der Waals surface area contributed by atoms with Crippen molar-refractivity contribution in [2.45, 2.75) is 26.4 Å². The average molecular weight is 518 g/mol. The summed E-state index contributed by atoms with van der Waals surface area (Å²) in [5.41, 5.74) is 1.07. The molecule has 0 unspecified atom stereocenters. The van der Waals surface area contributed by atoms with Gasteiger partial charge in [0.15, 0.2) is 23.3 Å². The van der Waals surface area contributed by atoms with Gasteiger partial charge in [0.25, 0.3) is 0 Å². The summed E-state index contributed by atoms with van der Waals surface area (Å²) in [5.74, 6) is 5.20. The smallest absolute Gasteiger partial charge is 0.231 e. The van der Waals surface area contributed by atoms with Crippen LogP contribution in [0.15, 0.2) is 23.2 Å². The van der Waals surface area contributed by atoms with Gasteiger partial charge in [-0.05, 0) is 43.0 Å². The van der Waals surface area contributed by atoms with Gasteiger partial charge in [0.2, 0.25) is 6.79 Å². The molecule has 0 saturated heterocycles. The van der Waals surface area contributed by atoms with Crippen LogP contribution in [0.2, 0.25) is 0 Å². The zero-order valence-corrected chi connectivity index (χ0v) is 19.5. The normalized spacial score (nSPS) is 12.6. The summed E-state index contributed by atoms with van der Waals surface area (Å²) in [4.78, 5) is 4.70. The van der Waals surface area contributed by atoms with Crippen molar-refractivity contribution in [3.8, 4) is 11.5 Å². The number of guanidine groups is 1. The number of aromatic nitrogens is 3. The van der Waals surface area contributed by atoms with Crippen molar-refractivity contribution in [3.63, 3.8) is 0 Å². The Balaban J connectivity index is 0.00000280. The van der Waals surface area contributed by atoms with Crippen molar-refractivity contribution in [2.75, 3.05) is 25.3 Å². The number of fused-ring (bicyclic) bond motifs is 1. The predicted octanol–water partition coefficient (Wildman–Crippen LogP) is 2.46. The molecule has 2 heterocycles. The van der Waals surface area contributed by atoms with Gasteiger partial charge in [-0.15, -0.1) is 34.2 Å². The molecule has 0 radical (unpaired) electrons. The maximum atomic E-state index is 5.44. The lowest BCUT2D eigenvalue weighted by Crippen LogP contribution is -2.38. The highest BCUT2D eigenvalue weighted by Gasteiger charge is 2.13. The van der Waals surface area contributed by atoms with Crippen LogP contribution >= 0.6 is 35.7 Å². The van der Waals surface area contributed by atoms with E-state index in [0.717, 1.165) is 53.4 Å². The van der Waals surface area contributed by atoms with Crippen LogP contribution in [0.25, 0.3) is 0 Å². The first-order valence-electron chi connectivity index (χ1n) is 8.92. The Morgan fingerprint density at radius 1 is 1.25 bits per heavy atom. The second-order valence-electron chi connectivity index (χ2n) is 6.20. The van der Waals surface area contributed by atoms with E-state index in [0.29, 0.717) is 13.1 Å². The van der Waals surface area contributed by atoms with E-state index in [2.05, 4.69) is 27.1 Å². The Morgan fingerprint density at radius 3 is 2.82 bits per heavy atom. The van der Waals surface area contributed by atoms with Crippen LogP contribution in [-0.4, -0.2) is 46.1 Å². The highest BCUT2D eigenvalue weighted by Crippen LogP contribution is 2.32. The van der Waals surface area contributed by atoms with Crippen molar-refractivity contribution < 1.29 is 9.47 Å². The van der Waals surface area contributed by atoms with E-state index >= 15 is 0 Å². The lowest BCUT2D eigenvalue weighted by atomic mass is 10.2. The monoisotopic (exact) mass is 518 g/mol. The zero-order valence-electron chi connectivity index (χ0n) is 16.4. The molecule has 2 N–H and O–H groups in total. The number of hydrogen-bond donors (Lipinski definition) is 2. The SMILES string of the molecule is CSCCCNC(=NCc1ccc2c(c1)OCO2)NCc1nnc(C)n1C.I. The fourth-order valence-electron chi connectivity index (χ4n) is 2.57. The first-order valence-corrected chi connectivity index (χ1v) is 10.3. The second kappa shape index (κ2) is 11.3. The summed E-state index contributed by atoms with van der Waals surface area (Å²) in [6, 6.07) is 5.91. The van der Waals surface area contributed by atoms with Crippen molar-refractivity contribution in [1.82, 2.24) is 25.4 Å². The summed E-state index contributed by atoms with van der Waals surface area (Å²) in [7, 11) is 1.96. The number of aryl methyl sites for hydroxylation is 1. The molecule has 1 aliphatic heterocycles. The van der Waals surface area contributed by atoms with Crippen LogP contribution in [0.4, 0.5) is 0 Å². The third kappa shape index (κ3) is 6.16. The van der Waals surface area contributed by atoms with Gasteiger partial charge < -0.3 is 24.7 Å². The first kappa shape index (κ1) is 22.6.